The van der Waals surface area contributed by atoms with E-state index in [1.165, 1.54) is 5.56 Å². The van der Waals surface area contributed by atoms with Crippen molar-refractivity contribution in [3.05, 3.63) is 60.4 Å². The van der Waals surface area contributed by atoms with E-state index in [1.807, 2.05) is 18.2 Å². The van der Waals surface area contributed by atoms with E-state index in [1.54, 1.807) is 6.20 Å². The van der Waals surface area contributed by atoms with Crippen molar-refractivity contribution in [1.29, 1.82) is 0 Å². The predicted octanol–water partition coefficient (Wildman–Crippen LogP) is -1.93. The first-order valence-electron chi connectivity index (χ1n) is 6.09. The number of aromatic nitrogens is 2. The monoisotopic (exact) mass is 356 g/mol. The molecule has 0 bridgehead atoms. The van der Waals surface area contributed by atoms with Crippen LogP contribution in [0.25, 0.3) is 11.0 Å². The molecule has 3 aromatic rings. The molecule has 3 rings (SSSR count). The van der Waals surface area contributed by atoms with Gasteiger partial charge in [0.05, 0.1) is 0 Å². The summed E-state index contributed by atoms with van der Waals surface area (Å²) in [6.45, 7) is 6.67. The fourth-order valence-electron chi connectivity index (χ4n) is 1.69. The molecule has 0 saturated carbocycles. The van der Waals surface area contributed by atoms with Gasteiger partial charge < -0.3 is 34.8 Å². The van der Waals surface area contributed by atoms with Crippen LogP contribution in [0.5, 0.6) is 0 Å². The molecule has 0 aliphatic heterocycles. The van der Waals surface area contributed by atoms with E-state index in [0.29, 0.717) is 5.41 Å². The van der Waals surface area contributed by atoms with Crippen LogP contribution in [0, 0.1) is 6.20 Å². The summed E-state index contributed by atoms with van der Waals surface area (Å²) < 4.78 is 0. The molecule has 0 radical (unpaired) electrons. The van der Waals surface area contributed by atoms with Gasteiger partial charge in [0, 0.05) is 6.20 Å². The van der Waals surface area contributed by atoms with E-state index in [0.717, 1.165) is 11.0 Å². The minimum Gasteiger partial charge on any atom is -1.00 e. The molecule has 0 spiro atoms. The third kappa shape index (κ3) is 6.75. The van der Waals surface area contributed by atoms with Gasteiger partial charge in [-0.15, -0.1) is 17.6 Å². The van der Waals surface area contributed by atoms with Crippen LogP contribution in [0.2, 0.25) is 0 Å². The summed E-state index contributed by atoms with van der Waals surface area (Å²) in [5.74, 6) is 0. The summed E-state index contributed by atoms with van der Waals surface area (Å²) in [7, 11) is 0. The van der Waals surface area contributed by atoms with E-state index < -0.39 is 0 Å². The number of hydrogen-bond donors (Lipinski definition) is 1. The molecule has 0 saturated heterocycles. The molecule has 0 aliphatic carbocycles. The zero-order valence-electron chi connectivity index (χ0n) is 12.3. The summed E-state index contributed by atoms with van der Waals surface area (Å²) in [5, 5.41) is 1.11. The summed E-state index contributed by atoms with van der Waals surface area (Å²) in [5.41, 5.74) is 2.64. The molecule has 0 aliphatic rings. The summed E-state index contributed by atoms with van der Waals surface area (Å²) in [6, 6.07) is 14.3. The van der Waals surface area contributed by atoms with Crippen LogP contribution in [-0.2, 0) is 27.1 Å². The minimum absolute atomic E-state index is 0. The first-order valence-corrected chi connectivity index (χ1v) is 6.09. The number of H-pyrrole nitrogens is 1. The maximum atomic E-state index is 4.05. The Morgan fingerprint density at radius 1 is 1.10 bits per heavy atom. The van der Waals surface area contributed by atoms with Crippen LogP contribution in [0.3, 0.4) is 0 Å². The molecule has 0 atom stereocenters. The van der Waals surface area contributed by atoms with Crippen molar-refractivity contribution < 1.29 is 46.5 Å². The number of pyridine rings is 1. The number of nitrogens with one attached hydrogen (secondary N) is 1. The summed E-state index contributed by atoms with van der Waals surface area (Å²) >= 11 is 0. The Kier molecular flexibility index (Phi) is 10.9. The van der Waals surface area contributed by atoms with Gasteiger partial charge in [-0.3, -0.25) is 0 Å². The third-order valence-electron chi connectivity index (χ3n) is 2.79. The van der Waals surface area contributed by atoms with E-state index in [-0.39, 0.29) is 46.5 Å². The molecule has 1 N–H and O–H groups in total. The fourth-order valence-corrected chi connectivity index (χ4v) is 1.69. The van der Waals surface area contributed by atoms with Crippen LogP contribution < -0.4 is 24.8 Å². The molecule has 21 heavy (non-hydrogen) atoms. The Bertz CT molecular complexity index is 568. The molecule has 2 aromatic heterocycles. The first-order chi connectivity index (χ1) is 8.57. The second kappa shape index (κ2) is 10.1. The largest absolute Gasteiger partial charge is 4.00 e. The molecule has 0 fully saturated rings. The van der Waals surface area contributed by atoms with Crippen molar-refractivity contribution in [3.8, 4) is 0 Å². The van der Waals surface area contributed by atoms with Crippen LogP contribution >= 0.6 is 0 Å². The van der Waals surface area contributed by atoms with E-state index in [4.69, 9.17) is 0 Å². The SMILES string of the molecule is CC(C)(C)[c-]1cccc1.[Cl-].[Cl-].[Ti+4].[c-]1cc2cccnc2[nH]1. The quantitative estimate of drug-likeness (QED) is 0.369. The van der Waals surface area contributed by atoms with Crippen LogP contribution in [-0.4, -0.2) is 9.97 Å². The van der Waals surface area contributed by atoms with Crippen molar-refractivity contribution >= 4 is 11.0 Å². The molecule has 2 heterocycles. The van der Waals surface area contributed by atoms with E-state index in [9.17, 15) is 0 Å². The van der Waals surface area contributed by atoms with Crippen LogP contribution in [0.15, 0.2) is 48.7 Å². The molecule has 2 nitrogen and oxygen atoms in total. The molecular weight excluding hydrogens is 339 g/mol. The van der Waals surface area contributed by atoms with E-state index >= 15 is 0 Å². The van der Waals surface area contributed by atoms with Gasteiger partial charge >= 0.3 is 21.7 Å². The molecular formula is C16H18Cl2N2Ti. The average molecular weight is 357 g/mol. The van der Waals surface area contributed by atoms with Crippen molar-refractivity contribution in [1.82, 2.24) is 9.97 Å². The molecule has 0 unspecified atom stereocenters. The number of aromatic amines is 1. The average Bonchev–Trinajstić information content (AvgIpc) is 3.00. The summed E-state index contributed by atoms with van der Waals surface area (Å²) in [4.78, 5) is 6.94. The molecule has 110 valence electrons. The molecule has 5 heteroatoms. The van der Waals surface area contributed by atoms with Gasteiger partial charge in [-0.1, -0.05) is 32.3 Å². The van der Waals surface area contributed by atoms with Gasteiger partial charge in [-0.25, -0.2) is 12.1 Å². The van der Waals surface area contributed by atoms with Crippen molar-refractivity contribution in [2.45, 2.75) is 26.2 Å². The Morgan fingerprint density at radius 2 is 1.71 bits per heavy atom. The van der Waals surface area contributed by atoms with Gasteiger partial charge in [0.25, 0.3) is 0 Å². The number of rotatable bonds is 0. The minimum atomic E-state index is 0. The van der Waals surface area contributed by atoms with Gasteiger partial charge in [0.1, 0.15) is 0 Å². The third-order valence-corrected chi connectivity index (χ3v) is 2.79. The van der Waals surface area contributed by atoms with Crippen molar-refractivity contribution in [2.24, 2.45) is 0 Å². The Balaban J connectivity index is 0. The van der Waals surface area contributed by atoms with Crippen LogP contribution in [0.4, 0.5) is 0 Å². The van der Waals surface area contributed by atoms with Gasteiger partial charge in [-0.05, 0) is 5.65 Å². The predicted molar refractivity (Wildman–Crippen MR) is 75.7 cm³/mol. The van der Waals surface area contributed by atoms with Gasteiger partial charge in [0.2, 0.25) is 0 Å². The second-order valence-corrected chi connectivity index (χ2v) is 5.28. The standard InChI is InChI=1S/C9H13.C7H5N2.2ClH.Ti/c1-9(2,3)8-6-4-5-7-8;1-2-6-3-5-9-7(6)8-4-1;;;/h4-7H,1-3H3;1-4H,(H,8,9);2*1H;/q2*-1;;;+4/p-2. The maximum absolute atomic E-state index is 4.05. The first kappa shape index (κ1) is 22.6. The second-order valence-electron chi connectivity index (χ2n) is 5.28. The maximum Gasteiger partial charge on any atom is 4.00 e. The number of halogens is 2. The fraction of sp³-hybridized carbons (Fsp3) is 0.250. The van der Waals surface area contributed by atoms with Crippen molar-refractivity contribution in [3.63, 3.8) is 0 Å². The van der Waals surface area contributed by atoms with E-state index in [2.05, 4.69) is 61.2 Å². The van der Waals surface area contributed by atoms with Crippen molar-refractivity contribution in [2.75, 3.05) is 0 Å². The molecule has 0 amide bonds. The Labute approximate surface area is 153 Å². The zero-order chi connectivity index (χ0) is 13.0. The zero-order valence-corrected chi connectivity index (χ0v) is 15.4. The number of fused-ring (bicyclic) bond motifs is 1. The molecule has 1 aromatic carbocycles. The topological polar surface area (TPSA) is 28.7 Å². The van der Waals surface area contributed by atoms with Gasteiger partial charge in [-0.2, -0.15) is 23.8 Å². The normalized spacial score (nSPS) is 9.48. The summed E-state index contributed by atoms with van der Waals surface area (Å²) in [6.07, 6.45) is 4.61. The Hall–Kier alpha value is -0.666. The number of hydrogen-bond acceptors (Lipinski definition) is 1. The smallest absolute Gasteiger partial charge is 1.00 e. The Morgan fingerprint density at radius 3 is 2.19 bits per heavy atom. The van der Waals surface area contributed by atoms with Gasteiger partial charge in [0.15, 0.2) is 0 Å². The van der Waals surface area contributed by atoms with Crippen LogP contribution in [0.1, 0.15) is 26.3 Å². The number of nitrogens with zero attached hydrogens (tertiary/aromatic N) is 1.